The molecule has 0 radical (unpaired) electrons. The minimum Gasteiger partial charge on any atom is -0.452 e. The van der Waals surface area contributed by atoms with E-state index in [0.717, 1.165) is 7.11 Å². The molecule has 6 nitrogen and oxygen atoms in total. The van der Waals surface area contributed by atoms with Crippen molar-refractivity contribution in [1.82, 2.24) is 4.90 Å². The molecule has 0 unspecified atom stereocenters. The summed E-state index contributed by atoms with van der Waals surface area (Å²) in [6, 6.07) is -0.904. The predicted molar refractivity (Wildman–Crippen MR) is 35.7 cm³/mol. The zero-order valence-corrected chi connectivity index (χ0v) is 6.36. The molecule has 0 aromatic carbocycles. The number of methoxy groups -OCH3 is 2. The van der Waals surface area contributed by atoms with Crippen molar-refractivity contribution in [1.29, 1.82) is 0 Å². The van der Waals surface area contributed by atoms with E-state index in [0.29, 0.717) is 4.90 Å². The molecule has 0 saturated heterocycles. The molecule has 0 aliphatic carbocycles. The van der Waals surface area contributed by atoms with Crippen molar-refractivity contribution >= 4 is 12.1 Å². The number of nitrogens with two attached hydrogens (primary N) is 1. The van der Waals surface area contributed by atoms with Crippen LogP contribution in [0.3, 0.4) is 0 Å². The number of carbonyl (C=O) groups is 2. The Balaban J connectivity index is 4.09. The Morgan fingerprint density at radius 1 is 1.45 bits per heavy atom. The highest BCUT2D eigenvalue weighted by Gasteiger charge is 2.18. The summed E-state index contributed by atoms with van der Waals surface area (Å²) in [4.78, 5) is 21.7. The fourth-order valence-corrected chi connectivity index (χ4v) is 0.446. The summed E-state index contributed by atoms with van der Waals surface area (Å²) >= 11 is 0. The van der Waals surface area contributed by atoms with Gasteiger partial charge in [-0.05, 0) is 0 Å². The van der Waals surface area contributed by atoms with E-state index in [1.807, 2.05) is 0 Å². The van der Waals surface area contributed by atoms with Crippen LogP contribution in [0.5, 0.6) is 0 Å². The second-order valence-corrected chi connectivity index (χ2v) is 1.65. The van der Waals surface area contributed by atoms with Gasteiger partial charge in [0, 0.05) is 7.11 Å². The van der Waals surface area contributed by atoms with E-state index in [1.165, 1.54) is 7.11 Å². The van der Waals surface area contributed by atoms with Gasteiger partial charge < -0.3 is 15.2 Å². The fraction of sp³-hybridized carbons (Fsp3) is 0.600. The molecule has 0 aromatic heterocycles. The van der Waals surface area contributed by atoms with E-state index >= 15 is 0 Å². The summed E-state index contributed by atoms with van der Waals surface area (Å²) in [6.07, 6.45) is -0.834. The molecule has 0 aromatic rings. The zero-order valence-electron chi connectivity index (χ0n) is 6.36. The van der Waals surface area contributed by atoms with Crippen molar-refractivity contribution < 1.29 is 19.1 Å². The van der Waals surface area contributed by atoms with E-state index in [4.69, 9.17) is 5.73 Å². The SMILES string of the molecule is COCN(C(N)=O)C(=O)OC. The lowest BCUT2D eigenvalue weighted by molar-refractivity contribution is 0.0696. The summed E-state index contributed by atoms with van der Waals surface area (Å²) in [7, 11) is 2.48. The maximum absolute atomic E-state index is 10.7. The largest absolute Gasteiger partial charge is 0.452 e. The number of urea groups is 1. The molecule has 0 aliphatic heterocycles. The van der Waals surface area contributed by atoms with Gasteiger partial charge in [-0.3, -0.25) is 0 Å². The highest BCUT2D eigenvalue weighted by molar-refractivity contribution is 5.89. The Kier molecular flexibility index (Phi) is 3.97. The number of hydrogen-bond acceptors (Lipinski definition) is 4. The second-order valence-electron chi connectivity index (χ2n) is 1.65. The van der Waals surface area contributed by atoms with Crippen LogP contribution >= 0.6 is 0 Å². The lowest BCUT2D eigenvalue weighted by Gasteiger charge is -2.14. The molecular formula is C5H10N2O4. The molecule has 3 amide bonds. The van der Waals surface area contributed by atoms with Crippen molar-refractivity contribution in [3.05, 3.63) is 0 Å². The molecule has 0 bridgehead atoms. The van der Waals surface area contributed by atoms with Crippen LogP contribution < -0.4 is 5.73 Å². The lowest BCUT2D eigenvalue weighted by Crippen LogP contribution is -2.41. The molecule has 0 atom stereocenters. The number of nitrogens with zero attached hydrogens (tertiary/aromatic N) is 1. The Bertz CT molecular complexity index is 159. The summed E-state index contributed by atoms with van der Waals surface area (Å²) in [6.45, 7) is -0.206. The minimum atomic E-state index is -0.904. The van der Waals surface area contributed by atoms with E-state index in [1.54, 1.807) is 0 Å². The monoisotopic (exact) mass is 162 g/mol. The van der Waals surface area contributed by atoms with Crippen molar-refractivity contribution in [2.75, 3.05) is 21.0 Å². The summed E-state index contributed by atoms with van der Waals surface area (Å²) in [5, 5.41) is 0. The number of amides is 3. The standard InChI is InChI=1S/C5H10N2O4/c1-10-3-7(4(6)8)5(9)11-2/h3H2,1-2H3,(H2,6,8). The van der Waals surface area contributed by atoms with Crippen LogP contribution in [-0.2, 0) is 9.47 Å². The molecule has 0 fully saturated rings. The molecule has 6 heteroatoms. The first-order valence-corrected chi connectivity index (χ1v) is 2.77. The summed E-state index contributed by atoms with van der Waals surface area (Å²) < 4.78 is 8.74. The Morgan fingerprint density at radius 3 is 2.27 bits per heavy atom. The first-order chi connectivity index (χ1) is 5.13. The van der Waals surface area contributed by atoms with E-state index in [2.05, 4.69) is 9.47 Å². The molecular weight excluding hydrogens is 152 g/mol. The fourth-order valence-electron chi connectivity index (χ4n) is 0.446. The summed E-state index contributed by atoms with van der Waals surface area (Å²) in [5.41, 5.74) is 4.81. The van der Waals surface area contributed by atoms with Crippen molar-refractivity contribution in [3.8, 4) is 0 Å². The van der Waals surface area contributed by atoms with Crippen molar-refractivity contribution in [2.45, 2.75) is 0 Å². The summed E-state index contributed by atoms with van der Waals surface area (Å²) in [5.74, 6) is 0. The van der Waals surface area contributed by atoms with Crippen LogP contribution in [0.25, 0.3) is 0 Å². The third kappa shape index (κ3) is 2.85. The van der Waals surface area contributed by atoms with Crippen LogP contribution in [0.2, 0.25) is 0 Å². The number of imide groups is 1. The van der Waals surface area contributed by atoms with Crippen LogP contribution in [0, 0.1) is 0 Å². The van der Waals surface area contributed by atoms with Gasteiger partial charge in [-0.15, -0.1) is 0 Å². The van der Waals surface area contributed by atoms with Gasteiger partial charge in [0.05, 0.1) is 7.11 Å². The molecule has 0 spiro atoms. The second kappa shape index (κ2) is 4.51. The normalized spacial score (nSPS) is 8.91. The van der Waals surface area contributed by atoms with E-state index < -0.39 is 12.1 Å². The number of carbonyl (C=O) groups excluding carboxylic acids is 2. The number of primary amides is 1. The quantitative estimate of drug-likeness (QED) is 0.567. The van der Waals surface area contributed by atoms with E-state index in [9.17, 15) is 9.59 Å². The molecule has 64 valence electrons. The molecule has 0 heterocycles. The number of hydrogen-bond donors (Lipinski definition) is 1. The average molecular weight is 162 g/mol. The Labute approximate surface area is 63.8 Å². The average Bonchev–Trinajstić information content (AvgIpc) is 1.98. The van der Waals surface area contributed by atoms with Crippen LogP contribution in [-0.4, -0.2) is 38.0 Å². The predicted octanol–water partition coefficient (Wildman–Crippen LogP) is -0.263. The number of ether oxygens (including phenoxy) is 2. The van der Waals surface area contributed by atoms with Crippen LogP contribution in [0.1, 0.15) is 0 Å². The third-order valence-corrected chi connectivity index (χ3v) is 0.919. The van der Waals surface area contributed by atoms with Gasteiger partial charge in [0.1, 0.15) is 6.73 Å². The first kappa shape index (κ1) is 9.70. The Hall–Kier alpha value is -1.30. The molecule has 11 heavy (non-hydrogen) atoms. The highest BCUT2D eigenvalue weighted by Crippen LogP contribution is 1.91. The highest BCUT2D eigenvalue weighted by atomic mass is 16.6. The first-order valence-electron chi connectivity index (χ1n) is 2.77. The Morgan fingerprint density at radius 2 is 2.00 bits per heavy atom. The van der Waals surface area contributed by atoms with Gasteiger partial charge in [-0.1, -0.05) is 0 Å². The van der Waals surface area contributed by atoms with Crippen molar-refractivity contribution in [3.63, 3.8) is 0 Å². The molecule has 0 saturated carbocycles. The maximum atomic E-state index is 10.7. The zero-order chi connectivity index (χ0) is 8.85. The van der Waals surface area contributed by atoms with Gasteiger partial charge in [0.25, 0.3) is 0 Å². The van der Waals surface area contributed by atoms with Crippen molar-refractivity contribution in [2.24, 2.45) is 5.73 Å². The molecule has 2 N–H and O–H groups in total. The maximum Gasteiger partial charge on any atom is 0.419 e. The number of rotatable bonds is 2. The minimum absolute atomic E-state index is 0.206. The van der Waals surface area contributed by atoms with Gasteiger partial charge >= 0.3 is 12.1 Å². The molecule has 0 rings (SSSR count). The van der Waals surface area contributed by atoms with Gasteiger partial charge in [0.2, 0.25) is 0 Å². The lowest BCUT2D eigenvalue weighted by atomic mass is 10.8. The van der Waals surface area contributed by atoms with Crippen LogP contribution in [0.4, 0.5) is 9.59 Å². The van der Waals surface area contributed by atoms with Gasteiger partial charge in [-0.2, -0.15) is 0 Å². The smallest absolute Gasteiger partial charge is 0.419 e. The third-order valence-electron chi connectivity index (χ3n) is 0.919. The van der Waals surface area contributed by atoms with E-state index in [-0.39, 0.29) is 6.73 Å². The van der Waals surface area contributed by atoms with Gasteiger partial charge in [-0.25, -0.2) is 14.5 Å². The molecule has 0 aliphatic rings. The van der Waals surface area contributed by atoms with Gasteiger partial charge in [0.15, 0.2) is 0 Å². The topological polar surface area (TPSA) is 81.9 Å². The van der Waals surface area contributed by atoms with Crippen LogP contribution in [0.15, 0.2) is 0 Å².